The summed E-state index contributed by atoms with van der Waals surface area (Å²) in [6.07, 6.45) is 3.48. The van der Waals surface area contributed by atoms with E-state index in [1.165, 1.54) is 0 Å². The van der Waals surface area contributed by atoms with E-state index in [9.17, 15) is 0 Å². The van der Waals surface area contributed by atoms with Crippen molar-refractivity contribution in [3.05, 3.63) is 97.3 Å². The van der Waals surface area contributed by atoms with E-state index in [4.69, 9.17) is 5.73 Å². The van der Waals surface area contributed by atoms with Crippen LogP contribution in [0.1, 0.15) is 0 Å². The fourth-order valence-corrected chi connectivity index (χ4v) is 2.55. The van der Waals surface area contributed by atoms with Crippen molar-refractivity contribution in [1.29, 1.82) is 0 Å². The summed E-state index contributed by atoms with van der Waals surface area (Å²) in [7, 11) is 1.88. The summed E-state index contributed by atoms with van der Waals surface area (Å²) in [5.41, 5.74) is 9.40. The summed E-state index contributed by atoms with van der Waals surface area (Å²) >= 11 is 0. The molecule has 0 saturated carbocycles. The highest BCUT2D eigenvalue weighted by Gasteiger charge is 2.00. The van der Waals surface area contributed by atoms with Crippen molar-refractivity contribution in [2.45, 2.75) is 0 Å². The van der Waals surface area contributed by atoms with Crippen LogP contribution < -0.4 is 21.7 Å². The van der Waals surface area contributed by atoms with Gasteiger partial charge in [0.15, 0.2) is 11.6 Å². The second-order valence-electron chi connectivity index (χ2n) is 6.07. The minimum atomic E-state index is 0.649. The van der Waals surface area contributed by atoms with Crippen LogP contribution in [0.5, 0.6) is 0 Å². The number of pyridine rings is 2. The van der Waals surface area contributed by atoms with Gasteiger partial charge in [-0.1, -0.05) is 36.4 Å². The molecule has 4 aromatic rings. The number of rotatable bonds is 5. The maximum atomic E-state index is 5.74. The van der Waals surface area contributed by atoms with Crippen LogP contribution in [0.15, 0.2) is 97.3 Å². The molecule has 0 bridgehead atoms. The Morgan fingerprint density at radius 2 is 1.14 bits per heavy atom. The third-order valence-electron chi connectivity index (χ3n) is 3.99. The van der Waals surface area contributed by atoms with E-state index >= 15 is 0 Å². The van der Waals surface area contributed by atoms with E-state index in [1.54, 1.807) is 12.4 Å². The zero-order valence-corrected chi connectivity index (χ0v) is 16.2. The van der Waals surface area contributed by atoms with Crippen LogP contribution >= 0.6 is 0 Å². The van der Waals surface area contributed by atoms with Gasteiger partial charge in [-0.15, -0.1) is 0 Å². The molecule has 0 aliphatic heterocycles. The molecule has 146 valence electrons. The fraction of sp³-hybridized carbons (Fsp3) is 0.0435. The number of hydrogen-bond donors (Lipinski definition) is 4. The molecule has 0 atom stereocenters. The quantitative estimate of drug-likeness (QED) is 0.375. The van der Waals surface area contributed by atoms with Crippen LogP contribution in [0.3, 0.4) is 0 Å². The molecule has 0 radical (unpaired) electrons. The molecule has 0 saturated heterocycles. The van der Waals surface area contributed by atoms with Crippen molar-refractivity contribution in [2.24, 2.45) is 0 Å². The van der Waals surface area contributed by atoms with Gasteiger partial charge in [0.2, 0.25) is 0 Å². The molecule has 6 heteroatoms. The highest BCUT2D eigenvalue weighted by atomic mass is 15.0. The summed E-state index contributed by atoms with van der Waals surface area (Å²) in [6, 6.07) is 27.3. The Morgan fingerprint density at radius 1 is 0.621 bits per heavy atom. The van der Waals surface area contributed by atoms with Crippen molar-refractivity contribution in [2.75, 3.05) is 28.7 Å². The molecule has 5 N–H and O–H groups in total. The Kier molecular flexibility index (Phi) is 7.01. The molecule has 29 heavy (non-hydrogen) atoms. The van der Waals surface area contributed by atoms with Gasteiger partial charge in [-0.2, -0.15) is 0 Å². The molecule has 0 fully saturated rings. The third-order valence-corrected chi connectivity index (χ3v) is 3.99. The van der Waals surface area contributed by atoms with E-state index in [-0.39, 0.29) is 0 Å². The van der Waals surface area contributed by atoms with Crippen molar-refractivity contribution < 1.29 is 0 Å². The molecular formula is C23H24N6. The van der Waals surface area contributed by atoms with E-state index in [0.29, 0.717) is 11.5 Å². The monoisotopic (exact) mass is 384 g/mol. The lowest BCUT2D eigenvalue weighted by Gasteiger charge is -2.09. The average Bonchev–Trinajstić information content (AvgIpc) is 2.78. The highest BCUT2D eigenvalue weighted by Crippen LogP contribution is 2.21. The molecule has 2 aromatic heterocycles. The van der Waals surface area contributed by atoms with Crippen LogP contribution in [0.4, 0.5) is 34.4 Å². The number of nitrogens with one attached hydrogen (secondary N) is 3. The number of anilines is 6. The number of nitrogens with zero attached hydrogens (tertiary/aromatic N) is 2. The molecule has 0 unspecified atom stereocenters. The highest BCUT2D eigenvalue weighted by molar-refractivity contribution is 5.70. The molecule has 2 aromatic carbocycles. The molecule has 0 spiro atoms. The summed E-state index contributed by atoms with van der Waals surface area (Å²) in [5.74, 6) is 1.53. The number of nitrogens with two attached hydrogens (primary N) is 1. The Morgan fingerprint density at radius 3 is 1.69 bits per heavy atom. The molecule has 6 nitrogen and oxygen atoms in total. The fourth-order valence-electron chi connectivity index (χ4n) is 2.55. The Labute approximate surface area is 170 Å². The molecule has 0 amide bonds. The largest absolute Gasteiger partial charge is 0.396 e. The second-order valence-corrected chi connectivity index (χ2v) is 6.07. The Bertz CT molecular complexity index is 1010. The number of aromatic nitrogens is 2. The number of nitrogen functional groups attached to an aromatic ring is 1. The lowest BCUT2D eigenvalue weighted by molar-refractivity contribution is 1.29. The van der Waals surface area contributed by atoms with Crippen LogP contribution in [0.25, 0.3) is 0 Å². The van der Waals surface area contributed by atoms with Gasteiger partial charge in [0.05, 0.1) is 11.4 Å². The summed E-state index contributed by atoms with van der Waals surface area (Å²) < 4.78 is 0. The topological polar surface area (TPSA) is 87.9 Å². The number of benzene rings is 2. The minimum absolute atomic E-state index is 0.649. The standard InChI is InChI=1S/C12H13N3.C11H11N3/c1-13-11-8-5-9-14-12(11)15-10-6-3-2-4-7-10;12-10-7-4-8-13-11(10)14-9-5-2-1-3-6-9/h2-9,13H,1H3,(H,14,15);1-8H,12H2,(H,13,14). The maximum Gasteiger partial charge on any atom is 0.153 e. The smallest absolute Gasteiger partial charge is 0.153 e. The van der Waals surface area contributed by atoms with Crippen molar-refractivity contribution in [3.8, 4) is 0 Å². The Hall–Kier alpha value is -4.06. The van der Waals surface area contributed by atoms with Gasteiger partial charge in [0.25, 0.3) is 0 Å². The third kappa shape index (κ3) is 5.97. The van der Waals surface area contributed by atoms with E-state index in [1.807, 2.05) is 92.0 Å². The number of hydrogen-bond acceptors (Lipinski definition) is 6. The molecule has 0 aliphatic rings. The Balaban J connectivity index is 0.000000166. The van der Waals surface area contributed by atoms with Crippen molar-refractivity contribution in [3.63, 3.8) is 0 Å². The van der Waals surface area contributed by atoms with Gasteiger partial charge in [-0.05, 0) is 48.5 Å². The van der Waals surface area contributed by atoms with Crippen LogP contribution in [0, 0.1) is 0 Å². The SMILES string of the molecule is CNc1cccnc1Nc1ccccc1.Nc1cccnc1Nc1ccccc1. The second kappa shape index (κ2) is 10.3. The zero-order valence-electron chi connectivity index (χ0n) is 16.2. The predicted molar refractivity (Wildman–Crippen MR) is 122 cm³/mol. The van der Waals surface area contributed by atoms with Crippen LogP contribution in [-0.2, 0) is 0 Å². The van der Waals surface area contributed by atoms with Crippen molar-refractivity contribution >= 4 is 34.4 Å². The normalized spacial score (nSPS) is 9.69. The van der Waals surface area contributed by atoms with Gasteiger partial charge >= 0.3 is 0 Å². The molecule has 2 heterocycles. The van der Waals surface area contributed by atoms with Gasteiger partial charge in [0, 0.05) is 30.8 Å². The van der Waals surface area contributed by atoms with E-state index < -0.39 is 0 Å². The molecule has 4 rings (SSSR count). The summed E-state index contributed by atoms with van der Waals surface area (Å²) in [6.45, 7) is 0. The van der Waals surface area contributed by atoms with Gasteiger partial charge in [-0.25, -0.2) is 9.97 Å². The molecule has 0 aliphatic carbocycles. The van der Waals surface area contributed by atoms with Gasteiger partial charge in [0.1, 0.15) is 0 Å². The first-order valence-corrected chi connectivity index (χ1v) is 9.23. The van der Waals surface area contributed by atoms with Crippen molar-refractivity contribution in [1.82, 2.24) is 9.97 Å². The molecular weight excluding hydrogens is 360 g/mol. The first kappa shape index (κ1) is 19.7. The first-order valence-electron chi connectivity index (χ1n) is 9.23. The summed E-state index contributed by atoms with van der Waals surface area (Å²) in [5, 5.41) is 9.48. The summed E-state index contributed by atoms with van der Waals surface area (Å²) in [4.78, 5) is 8.41. The van der Waals surface area contributed by atoms with Crippen LogP contribution in [0.2, 0.25) is 0 Å². The van der Waals surface area contributed by atoms with Gasteiger partial charge in [-0.3, -0.25) is 0 Å². The maximum absolute atomic E-state index is 5.74. The predicted octanol–water partition coefficient (Wildman–Crippen LogP) is 5.27. The van der Waals surface area contributed by atoms with E-state index in [2.05, 4.69) is 25.9 Å². The average molecular weight is 384 g/mol. The van der Waals surface area contributed by atoms with Gasteiger partial charge < -0.3 is 21.7 Å². The minimum Gasteiger partial charge on any atom is -0.396 e. The van der Waals surface area contributed by atoms with E-state index in [0.717, 1.165) is 22.9 Å². The first-order chi connectivity index (χ1) is 14.3. The lowest BCUT2D eigenvalue weighted by atomic mass is 10.3. The zero-order chi connectivity index (χ0) is 20.3. The lowest BCUT2D eigenvalue weighted by Crippen LogP contribution is -1.98. The number of para-hydroxylation sites is 2. The van der Waals surface area contributed by atoms with Crippen LogP contribution in [-0.4, -0.2) is 17.0 Å².